The Morgan fingerprint density at radius 1 is 1.35 bits per heavy atom. The molecule has 0 radical (unpaired) electrons. The van der Waals surface area contributed by atoms with Crippen LogP contribution in [-0.4, -0.2) is 59.2 Å². The van der Waals surface area contributed by atoms with E-state index >= 15 is 0 Å². The molecule has 2 N–H and O–H groups in total. The first-order valence-corrected chi connectivity index (χ1v) is 7.73. The fourth-order valence-corrected chi connectivity index (χ4v) is 3.17. The molecule has 1 atom stereocenters. The highest BCUT2D eigenvalue weighted by molar-refractivity contribution is 5.80. The number of hydrogen-bond donors (Lipinski definition) is 2. The number of amides is 3. The number of nitrogens with one attached hydrogen (secondary N) is 2. The Hall–Kier alpha value is -2.70. The lowest BCUT2D eigenvalue weighted by Gasteiger charge is -2.35. The van der Waals surface area contributed by atoms with Gasteiger partial charge in [0.05, 0.1) is 6.04 Å². The van der Waals surface area contributed by atoms with E-state index in [1.807, 2.05) is 30.5 Å². The number of hydrogen-bond acceptors (Lipinski definition) is 3. The first-order chi connectivity index (χ1) is 11.2. The molecule has 1 aromatic heterocycles. The van der Waals surface area contributed by atoms with Crippen LogP contribution in [0.2, 0.25) is 0 Å². The number of urea groups is 1. The highest BCUT2D eigenvalue weighted by atomic mass is 16.6. The van der Waals surface area contributed by atoms with Crippen molar-refractivity contribution in [3.8, 4) is 0 Å². The van der Waals surface area contributed by atoms with Crippen LogP contribution in [-0.2, 0) is 11.3 Å². The summed E-state index contributed by atoms with van der Waals surface area (Å²) in [6.07, 6.45) is 1.63. The summed E-state index contributed by atoms with van der Waals surface area (Å²) in [5, 5.41) is 4.10. The van der Waals surface area contributed by atoms with Gasteiger partial charge in [0.2, 0.25) is 0 Å². The molecule has 2 aromatic rings. The van der Waals surface area contributed by atoms with Crippen LogP contribution < -0.4 is 5.32 Å². The minimum atomic E-state index is -0.269. The summed E-state index contributed by atoms with van der Waals surface area (Å²) in [5.74, 6) is 0. The predicted octanol–water partition coefficient (Wildman–Crippen LogP) is 1.51. The first-order valence-electron chi connectivity index (χ1n) is 7.73. The quantitative estimate of drug-likeness (QED) is 0.882. The van der Waals surface area contributed by atoms with E-state index in [2.05, 4.69) is 10.3 Å². The number of aromatic amines is 1. The van der Waals surface area contributed by atoms with E-state index in [0.29, 0.717) is 32.8 Å². The molecule has 7 heteroatoms. The molecule has 2 aliphatic heterocycles. The maximum Gasteiger partial charge on any atom is 0.410 e. The number of ether oxygens (including phenoxy) is 1. The van der Waals surface area contributed by atoms with Crippen LogP contribution in [0.5, 0.6) is 0 Å². The van der Waals surface area contributed by atoms with Crippen molar-refractivity contribution in [2.75, 3.05) is 26.2 Å². The Morgan fingerprint density at radius 3 is 3.17 bits per heavy atom. The molecule has 3 heterocycles. The number of carbonyl (C=O) groups is 2. The molecule has 0 saturated carbocycles. The van der Waals surface area contributed by atoms with E-state index < -0.39 is 0 Å². The maximum absolute atomic E-state index is 12.3. The Labute approximate surface area is 133 Å². The monoisotopic (exact) mass is 314 g/mol. The largest absolute Gasteiger partial charge is 0.447 e. The normalized spacial score (nSPS) is 20.5. The van der Waals surface area contributed by atoms with E-state index in [1.54, 1.807) is 9.80 Å². The fraction of sp³-hybridized carbons (Fsp3) is 0.375. The van der Waals surface area contributed by atoms with Gasteiger partial charge in [-0.15, -0.1) is 0 Å². The number of carbonyl (C=O) groups excluding carboxylic acids is 2. The van der Waals surface area contributed by atoms with Crippen LogP contribution in [0.15, 0.2) is 30.5 Å². The van der Waals surface area contributed by atoms with E-state index in [1.165, 1.54) is 0 Å². The molecule has 120 valence electrons. The Kier molecular flexibility index (Phi) is 3.33. The third-order valence-electron chi connectivity index (χ3n) is 4.47. The van der Waals surface area contributed by atoms with E-state index in [9.17, 15) is 9.59 Å². The zero-order valence-corrected chi connectivity index (χ0v) is 12.6. The molecular weight excluding hydrogens is 296 g/mol. The lowest BCUT2D eigenvalue weighted by molar-refractivity contribution is 0.127. The van der Waals surface area contributed by atoms with Crippen molar-refractivity contribution in [3.63, 3.8) is 0 Å². The average Bonchev–Trinajstić information content (AvgIpc) is 3.18. The summed E-state index contributed by atoms with van der Waals surface area (Å²) in [4.78, 5) is 30.4. The summed E-state index contributed by atoms with van der Waals surface area (Å²) >= 11 is 0. The van der Waals surface area contributed by atoms with Gasteiger partial charge in [0.15, 0.2) is 0 Å². The van der Waals surface area contributed by atoms with Gasteiger partial charge in [-0.05, 0) is 23.1 Å². The molecule has 3 amide bonds. The second kappa shape index (κ2) is 5.49. The fourth-order valence-electron chi connectivity index (χ4n) is 3.17. The molecule has 2 aliphatic rings. The van der Waals surface area contributed by atoms with Crippen molar-refractivity contribution in [2.24, 2.45) is 0 Å². The minimum Gasteiger partial charge on any atom is -0.447 e. The summed E-state index contributed by atoms with van der Waals surface area (Å²) in [6.45, 7) is 2.44. The Bertz CT molecular complexity index is 757. The standard InChI is InChI=1S/C16H18N4O3/c21-15(19-5-6-20-13(9-19)10-23-16(20)22)18-8-11-1-2-12-3-4-17-14(12)7-11/h1-4,7,13,17H,5-6,8-10H2,(H,18,21). The SMILES string of the molecule is O=C(NCc1ccc2cc[nH]c2c1)N1CCN2C(=O)OCC2C1. The van der Waals surface area contributed by atoms with Gasteiger partial charge < -0.3 is 19.9 Å². The lowest BCUT2D eigenvalue weighted by atomic mass is 10.1. The third kappa shape index (κ3) is 2.58. The van der Waals surface area contributed by atoms with E-state index in [-0.39, 0.29) is 18.2 Å². The molecule has 2 fully saturated rings. The molecule has 0 spiro atoms. The van der Waals surface area contributed by atoms with Gasteiger partial charge in [-0.25, -0.2) is 9.59 Å². The van der Waals surface area contributed by atoms with Crippen LogP contribution in [0.3, 0.4) is 0 Å². The predicted molar refractivity (Wildman–Crippen MR) is 83.9 cm³/mol. The van der Waals surface area contributed by atoms with Crippen LogP contribution in [0, 0.1) is 0 Å². The second-order valence-corrected chi connectivity index (χ2v) is 5.93. The second-order valence-electron chi connectivity index (χ2n) is 5.93. The van der Waals surface area contributed by atoms with Crippen LogP contribution in [0.1, 0.15) is 5.56 Å². The number of rotatable bonds is 2. The van der Waals surface area contributed by atoms with Crippen molar-refractivity contribution < 1.29 is 14.3 Å². The Balaban J connectivity index is 1.35. The van der Waals surface area contributed by atoms with Crippen LogP contribution in [0.25, 0.3) is 10.9 Å². The molecule has 1 aromatic carbocycles. The maximum atomic E-state index is 12.3. The summed E-state index contributed by atoms with van der Waals surface area (Å²) < 4.78 is 5.02. The van der Waals surface area contributed by atoms with Gasteiger partial charge in [-0.3, -0.25) is 4.90 Å². The topological polar surface area (TPSA) is 77.7 Å². The van der Waals surface area contributed by atoms with Gasteiger partial charge in [-0.2, -0.15) is 0 Å². The summed E-state index contributed by atoms with van der Waals surface area (Å²) in [7, 11) is 0. The smallest absolute Gasteiger partial charge is 0.410 e. The number of aromatic nitrogens is 1. The molecule has 7 nitrogen and oxygen atoms in total. The van der Waals surface area contributed by atoms with Crippen LogP contribution >= 0.6 is 0 Å². The van der Waals surface area contributed by atoms with Gasteiger partial charge >= 0.3 is 12.1 Å². The van der Waals surface area contributed by atoms with E-state index in [0.717, 1.165) is 16.5 Å². The zero-order chi connectivity index (χ0) is 15.8. The van der Waals surface area contributed by atoms with Crippen LogP contribution in [0.4, 0.5) is 9.59 Å². The number of cyclic esters (lactones) is 1. The van der Waals surface area contributed by atoms with Crippen molar-refractivity contribution in [3.05, 3.63) is 36.0 Å². The number of nitrogens with zero attached hydrogens (tertiary/aromatic N) is 2. The molecule has 0 aliphatic carbocycles. The molecule has 23 heavy (non-hydrogen) atoms. The lowest BCUT2D eigenvalue weighted by Crippen LogP contribution is -2.55. The summed E-state index contributed by atoms with van der Waals surface area (Å²) in [6, 6.07) is 7.98. The molecule has 2 saturated heterocycles. The first kappa shape index (κ1) is 13.9. The highest BCUT2D eigenvalue weighted by Gasteiger charge is 2.38. The van der Waals surface area contributed by atoms with Gasteiger partial charge in [0.1, 0.15) is 6.61 Å². The zero-order valence-electron chi connectivity index (χ0n) is 12.6. The van der Waals surface area contributed by atoms with Crippen molar-refractivity contribution in [1.82, 2.24) is 20.1 Å². The number of H-pyrrole nitrogens is 1. The van der Waals surface area contributed by atoms with Gasteiger partial charge in [0.25, 0.3) is 0 Å². The van der Waals surface area contributed by atoms with Crippen molar-refractivity contribution in [2.45, 2.75) is 12.6 Å². The minimum absolute atomic E-state index is 0.0164. The number of fused-ring (bicyclic) bond motifs is 2. The molecule has 4 rings (SSSR count). The van der Waals surface area contributed by atoms with Gasteiger partial charge in [-0.1, -0.05) is 12.1 Å². The summed E-state index contributed by atoms with van der Waals surface area (Å²) in [5.41, 5.74) is 2.11. The average molecular weight is 314 g/mol. The third-order valence-corrected chi connectivity index (χ3v) is 4.47. The highest BCUT2D eigenvalue weighted by Crippen LogP contribution is 2.18. The van der Waals surface area contributed by atoms with Gasteiger partial charge in [0, 0.05) is 37.9 Å². The number of benzene rings is 1. The molecule has 0 bridgehead atoms. The van der Waals surface area contributed by atoms with Crippen molar-refractivity contribution >= 4 is 23.0 Å². The molecular formula is C16H18N4O3. The number of piperazine rings is 1. The van der Waals surface area contributed by atoms with Crippen molar-refractivity contribution in [1.29, 1.82) is 0 Å². The molecule has 1 unspecified atom stereocenters. The van der Waals surface area contributed by atoms with E-state index in [4.69, 9.17) is 4.74 Å². The Morgan fingerprint density at radius 2 is 2.26 bits per heavy atom.